The molecule has 5 aliphatic rings. The fraction of sp³-hybridized carbons (Fsp3) is 0.900. The molecule has 0 aromatic heterocycles. The molecule has 10 unspecified atom stereocenters. The van der Waals surface area contributed by atoms with E-state index in [1.807, 2.05) is 0 Å². The Hall–Kier alpha value is -0.710. The molecule has 192 valence electrons. The first kappa shape index (κ1) is 25.0. The topological polar surface area (TPSA) is 77.8 Å². The molecule has 5 aliphatic carbocycles. The summed E-state index contributed by atoms with van der Waals surface area (Å²) in [5.41, 5.74) is -0.191. The third-order valence-electron chi connectivity index (χ3n) is 13.1. The zero-order valence-electron chi connectivity index (χ0n) is 22.6. The van der Waals surface area contributed by atoms with Crippen LogP contribution in [0.4, 0.5) is 0 Å². The van der Waals surface area contributed by atoms with Crippen molar-refractivity contribution in [2.45, 2.75) is 112 Å². The summed E-state index contributed by atoms with van der Waals surface area (Å²) >= 11 is 0. The largest absolute Gasteiger partial charge is 0.396 e. The summed E-state index contributed by atoms with van der Waals surface area (Å²) in [5.74, 6) is 0.826. The molecule has 4 heteroatoms. The number of carbonyl (C=O) groups is 1. The Balaban J connectivity index is 1.64. The first-order valence-electron chi connectivity index (χ1n) is 13.8. The molecule has 0 spiro atoms. The van der Waals surface area contributed by atoms with E-state index >= 15 is 0 Å². The fourth-order valence-electron chi connectivity index (χ4n) is 10.5. The van der Waals surface area contributed by atoms with E-state index < -0.39 is 28.5 Å². The van der Waals surface area contributed by atoms with Crippen molar-refractivity contribution in [2.24, 2.45) is 50.2 Å². The monoisotopic (exact) mass is 472 g/mol. The van der Waals surface area contributed by atoms with Gasteiger partial charge in [0.25, 0.3) is 0 Å². The minimum absolute atomic E-state index is 0.00678. The Morgan fingerprint density at radius 1 is 0.912 bits per heavy atom. The van der Waals surface area contributed by atoms with Gasteiger partial charge in [-0.25, -0.2) is 0 Å². The molecule has 4 saturated carbocycles. The number of aliphatic hydroxyl groups is 3. The Morgan fingerprint density at radius 2 is 1.59 bits per heavy atom. The average molecular weight is 473 g/mol. The van der Waals surface area contributed by atoms with Crippen LogP contribution in [-0.4, -0.2) is 39.9 Å². The number of carbonyl (C=O) groups excluding carboxylic acids is 1. The van der Waals surface area contributed by atoms with E-state index in [0.717, 1.165) is 44.9 Å². The minimum Gasteiger partial charge on any atom is -0.396 e. The quantitative estimate of drug-likeness (QED) is 0.453. The van der Waals surface area contributed by atoms with Crippen molar-refractivity contribution in [2.75, 3.05) is 6.61 Å². The van der Waals surface area contributed by atoms with Crippen LogP contribution in [0, 0.1) is 50.2 Å². The highest BCUT2D eigenvalue weighted by molar-refractivity contribution is 5.92. The van der Waals surface area contributed by atoms with Crippen LogP contribution in [0.25, 0.3) is 0 Å². The average Bonchev–Trinajstić information content (AvgIpc) is 2.77. The van der Waals surface area contributed by atoms with Gasteiger partial charge in [0.1, 0.15) is 6.10 Å². The Labute approximate surface area is 206 Å². The van der Waals surface area contributed by atoms with Crippen molar-refractivity contribution < 1.29 is 20.1 Å². The number of allylic oxidation sites excluding steroid dienone is 1. The number of aliphatic hydroxyl groups excluding tert-OH is 3. The number of Topliss-reactive ketones (excluding diaryl/α,β-unsaturated/α-hetero) is 1. The van der Waals surface area contributed by atoms with Crippen LogP contribution in [0.3, 0.4) is 0 Å². The van der Waals surface area contributed by atoms with Gasteiger partial charge < -0.3 is 15.3 Å². The molecule has 10 atom stereocenters. The molecule has 0 amide bonds. The number of hydrogen-bond acceptors (Lipinski definition) is 4. The maximum Gasteiger partial charge on any atom is 0.168 e. The number of fused-ring (bicyclic) bond motifs is 7. The lowest BCUT2D eigenvalue weighted by Crippen LogP contribution is -2.70. The van der Waals surface area contributed by atoms with E-state index in [1.165, 1.54) is 5.57 Å². The molecule has 3 N–H and O–H groups in total. The summed E-state index contributed by atoms with van der Waals surface area (Å²) < 4.78 is 0. The minimum atomic E-state index is -0.965. The first-order chi connectivity index (χ1) is 15.6. The molecule has 0 aromatic rings. The van der Waals surface area contributed by atoms with Gasteiger partial charge in [-0.15, -0.1) is 0 Å². The van der Waals surface area contributed by atoms with Crippen molar-refractivity contribution in [3.8, 4) is 0 Å². The summed E-state index contributed by atoms with van der Waals surface area (Å²) in [5, 5.41) is 33.2. The van der Waals surface area contributed by atoms with Gasteiger partial charge in [0.15, 0.2) is 5.78 Å². The van der Waals surface area contributed by atoms with Gasteiger partial charge in [-0.2, -0.15) is 0 Å². The zero-order valence-corrected chi connectivity index (χ0v) is 22.6. The summed E-state index contributed by atoms with van der Waals surface area (Å²) in [7, 11) is 0. The highest BCUT2D eigenvalue weighted by Gasteiger charge is 2.72. The van der Waals surface area contributed by atoms with Crippen LogP contribution in [0.5, 0.6) is 0 Å². The fourth-order valence-corrected chi connectivity index (χ4v) is 10.5. The molecule has 0 aliphatic heterocycles. The Morgan fingerprint density at radius 3 is 2.24 bits per heavy atom. The van der Waals surface area contributed by atoms with Gasteiger partial charge >= 0.3 is 0 Å². The van der Waals surface area contributed by atoms with E-state index in [4.69, 9.17) is 0 Å². The van der Waals surface area contributed by atoms with E-state index in [9.17, 15) is 20.1 Å². The maximum absolute atomic E-state index is 14.0. The number of hydrogen-bond donors (Lipinski definition) is 3. The Bertz CT molecular complexity index is 923. The van der Waals surface area contributed by atoms with Gasteiger partial charge in [0.2, 0.25) is 0 Å². The predicted molar refractivity (Wildman–Crippen MR) is 134 cm³/mol. The van der Waals surface area contributed by atoms with Crippen molar-refractivity contribution in [3.05, 3.63) is 11.6 Å². The van der Waals surface area contributed by atoms with Crippen molar-refractivity contribution in [1.29, 1.82) is 0 Å². The normalized spacial score (nSPS) is 56.5. The van der Waals surface area contributed by atoms with Gasteiger partial charge in [-0.1, -0.05) is 60.1 Å². The van der Waals surface area contributed by atoms with E-state index in [-0.39, 0.29) is 40.5 Å². The molecular weight excluding hydrogens is 424 g/mol. The molecule has 34 heavy (non-hydrogen) atoms. The molecule has 4 nitrogen and oxygen atoms in total. The van der Waals surface area contributed by atoms with Gasteiger partial charge in [0, 0.05) is 16.2 Å². The van der Waals surface area contributed by atoms with E-state index in [1.54, 1.807) is 0 Å². The van der Waals surface area contributed by atoms with Gasteiger partial charge in [0.05, 0.1) is 12.7 Å². The molecule has 5 rings (SSSR count). The smallest absolute Gasteiger partial charge is 0.168 e. The summed E-state index contributed by atoms with van der Waals surface area (Å²) in [4.78, 5) is 14.0. The van der Waals surface area contributed by atoms with Crippen LogP contribution < -0.4 is 0 Å². The van der Waals surface area contributed by atoms with Crippen LogP contribution in [-0.2, 0) is 4.79 Å². The van der Waals surface area contributed by atoms with Crippen LogP contribution in [0.2, 0.25) is 0 Å². The third kappa shape index (κ3) is 2.74. The number of ketones is 1. The van der Waals surface area contributed by atoms with Crippen LogP contribution >= 0.6 is 0 Å². The van der Waals surface area contributed by atoms with Crippen LogP contribution in [0.1, 0.15) is 99.8 Å². The van der Waals surface area contributed by atoms with Gasteiger partial charge in [-0.05, 0) is 85.4 Å². The number of rotatable bonds is 1. The lowest BCUT2D eigenvalue weighted by molar-refractivity contribution is -0.228. The third-order valence-corrected chi connectivity index (χ3v) is 13.1. The van der Waals surface area contributed by atoms with Crippen molar-refractivity contribution >= 4 is 5.78 Å². The lowest BCUT2D eigenvalue weighted by atomic mass is 9.33. The van der Waals surface area contributed by atoms with Crippen LogP contribution in [0.15, 0.2) is 11.6 Å². The molecule has 0 heterocycles. The Kier molecular flexibility index (Phi) is 5.28. The van der Waals surface area contributed by atoms with E-state index in [0.29, 0.717) is 12.3 Å². The zero-order chi connectivity index (χ0) is 25.1. The predicted octanol–water partition coefficient (Wildman–Crippen LogP) is 5.29. The summed E-state index contributed by atoms with van der Waals surface area (Å²) in [6, 6.07) is 0. The SMILES string of the molecule is CC1(C)CCC2(C)C(=O)C(O)C3(C)C(=CCC4C5(C)CCC(O)C(C)(CO)C5CCC43C)C2C1. The molecular formula is C30H48O4. The highest BCUT2D eigenvalue weighted by atomic mass is 16.3. The second kappa shape index (κ2) is 7.19. The van der Waals surface area contributed by atoms with Crippen molar-refractivity contribution in [1.82, 2.24) is 0 Å². The summed E-state index contributed by atoms with van der Waals surface area (Å²) in [6.45, 7) is 15.8. The molecule has 0 saturated heterocycles. The van der Waals surface area contributed by atoms with E-state index in [2.05, 4.69) is 54.5 Å². The van der Waals surface area contributed by atoms with Crippen molar-refractivity contribution in [3.63, 3.8) is 0 Å². The maximum atomic E-state index is 14.0. The lowest BCUT2D eigenvalue weighted by Gasteiger charge is -2.71. The molecule has 4 fully saturated rings. The second-order valence-corrected chi connectivity index (χ2v) is 15.0. The summed E-state index contributed by atoms with van der Waals surface area (Å²) in [6.07, 6.45) is 8.38. The van der Waals surface area contributed by atoms with Gasteiger partial charge in [-0.3, -0.25) is 4.79 Å². The standard InChI is InChI=1S/C30H48O4/c1-25(2)14-15-26(3)19(16-25)18-8-9-21-27(4)12-11-22(32)28(5,17-31)20(27)10-13-29(21,6)30(18,7)24(34)23(26)33/h8,19-22,24,31-32,34H,9-17H2,1-7H3. The molecule has 0 aromatic carbocycles. The molecule has 0 radical (unpaired) electrons. The molecule has 0 bridgehead atoms. The second-order valence-electron chi connectivity index (χ2n) is 15.0. The highest BCUT2D eigenvalue weighted by Crippen LogP contribution is 2.75. The first-order valence-corrected chi connectivity index (χ1v) is 13.8.